The molecule has 0 N–H and O–H groups in total. The topological polar surface area (TPSA) is 89.5 Å². The molecule has 138 valence electrons. The first-order chi connectivity index (χ1) is 11.0. The zero-order valence-corrected chi connectivity index (χ0v) is 14.6. The SMILES string of the molecule is CCOCCOCCOC(C)=O.COCCOCCOC(C)=O. The van der Waals surface area contributed by atoms with Crippen LogP contribution in [0.25, 0.3) is 0 Å². The van der Waals surface area contributed by atoms with Gasteiger partial charge in [0.2, 0.25) is 0 Å². The van der Waals surface area contributed by atoms with E-state index in [4.69, 9.17) is 18.9 Å². The zero-order chi connectivity index (χ0) is 17.8. The molecule has 0 heterocycles. The highest BCUT2D eigenvalue weighted by Gasteiger charge is 1.92. The minimum atomic E-state index is -0.277. The minimum Gasteiger partial charge on any atom is -0.463 e. The highest BCUT2D eigenvalue weighted by molar-refractivity contribution is 5.66. The molecule has 23 heavy (non-hydrogen) atoms. The summed E-state index contributed by atoms with van der Waals surface area (Å²) in [5.41, 5.74) is 0. The average Bonchev–Trinajstić information content (AvgIpc) is 2.50. The van der Waals surface area contributed by atoms with Gasteiger partial charge in [0, 0.05) is 27.6 Å². The Kier molecular flexibility index (Phi) is 21.7. The van der Waals surface area contributed by atoms with Crippen molar-refractivity contribution in [3.05, 3.63) is 0 Å². The second kappa shape index (κ2) is 20.8. The van der Waals surface area contributed by atoms with Crippen LogP contribution in [0.2, 0.25) is 0 Å². The second-order valence-electron chi connectivity index (χ2n) is 4.09. The van der Waals surface area contributed by atoms with Gasteiger partial charge >= 0.3 is 11.9 Å². The van der Waals surface area contributed by atoms with Gasteiger partial charge in [-0.2, -0.15) is 0 Å². The van der Waals surface area contributed by atoms with Crippen LogP contribution in [0.5, 0.6) is 0 Å². The number of hydrogen-bond donors (Lipinski definition) is 0. The Balaban J connectivity index is 0. The summed E-state index contributed by atoms with van der Waals surface area (Å²) in [6.45, 7) is 9.14. The molecule has 0 spiro atoms. The standard InChI is InChI=1S/C8H16O4.C7H14O4/c1-3-10-4-5-11-6-7-12-8(2)9;1-7(8)11-6-5-10-4-3-9-2/h3-7H2,1-2H3;3-6H2,1-2H3. The maximum atomic E-state index is 10.3. The van der Waals surface area contributed by atoms with Crippen LogP contribution in [0.15, 0.2) is 0 Å². The summed E-state index contributed by atoms with van der Waals surface area (Å²) in [6, 6.07) is 0. The van der Waals surface area contributed by atoms with Crippen LogP contribution in [0.3, 0.4) is 0 Å². The number of carbonyl (C=O) groups is 2. The molecule has 0 rings (SSSR count). The molecule has 0 saturated heterocycles. The van der Waals surface area contributed by atoms with E-state index in [1.54, 1.807) is 7.11 Å². The van der Waals surface area contributed by atoms with Gasteiger partial charge in [-0.1, -0.05) is 0 Å². The van der Waals surface area contributed by atoms with Gasteiger partial charge in [0.05, 0.1) is 39.6 Å². The van der Waals surface area contributed by atoms with Crippen molar-refractivity contribution < 1.29 is 38.0 Å². The molecule has 0 aromatic rings. The first-order valence-electron chi connectivity index (χ1n) is 7.53. The molecule has 0 aromatic heterocycles. The van der Waals surface area contributed by atoms with E-state index in [2.05, 4.69) is 9.47 Å². The van der Waals surface area contributed by atoms with Crippen molar-refractivity contribution in [1.82, 2.24) is 0 Å². The monoisotopic (exact) mass is 338 g/mol. The molecule has 0 amide bonds. The predicted octanol–water partition coefficient (Wildman–Crippen LogP) is 0.815. The van der Waals surface area contributed by atoms with Crippen LogP contribution >= 0.6 is 0 Å². The number of esters is 2. The summed E-state index contributed by atoms with van der Waals surface area (Å²) in [5, 5.41) is 0. The van der Waals surface area contributed by atoms with Gasteiger partial charge in [-0.15, -0.1) is 0 Å². The van der Waals surface area contributed by atoms with Crippen LogP contribution in [-0.2, 0) is 38.0 Å². The number of hydrogen-bond acceptors (Lipinski definition) is 8. The summed E-state index contributed by atoms with van der Waals surface area (Å²) < 4.78 is 29.1. The van der Waals surface area contributed by atoms with E-state index < -0.39 is 0 Å². The first kappa shape index (κ1) is 24.0. The van der Waals surface area contributed by atoms with Gasteiger partial charge < -0.3 is 28.4 Å². The lowest BCUT2D eigenvalue weighted by molar-refractivity contribution is -0.143. The third kappa shape index (κ3) is 29.4. The highest BCUT2D eigenvalue weighted by Crippen LogP contribution is 1.81. The lowest BCUT2D eigenvalue weighted by atomic mass is 10.7. The third-order valence-electron chi connectivity index (χ3n) is 2.07. The van der Waals surface area contributed by atoms with Gasteiger partial charge in [0.1, 0.15) is 13.2 Å². The molecule has 8 heteroatoms. The molecule has 0 aliphatic carbocycles. The van der Waals surface area contributed by atoms with Crippen molar-refractivity contribution in [3.63, 3.8) is 0 Å². The van der Waals surface area contributed by atoms with Gasteiger partial charge in [-0.25, -0.2) is 0 Å². The molecule has 0 aromatic carbocycles. The van der Waals surface area contributed by atoms with Gasteiger partial charge in [0.15, 0.2) is 0 Å². The maximum Gasteiger partial charge on any atom is 0.302 e. The van der Waals surface area contributed by atoms with Gasteiger partial charge in [0.25, 0.3) is 0 Å². The number of methoxy groups -OCH3 is 1. The van der Waals surface area contributed by atoms with Crippen molar-refractivity contribution in [2.75, 3.05) is 66.6 Å². The number of rotatable bonds is 13. The Morgan fingerprint density at radius 3 is 1.43 bits per heavy atom. The summed E-state index contributed by atoms with van der Waals surface area (Å²) in [5.74, 6) is -0.552. The van der Waals surface area contributed by atoms with Crippen LogP contribution < -0.4 is 0 Å². The Bertz CT molecular complexity index is 270. The largest absolute Gasteiger partial charge is 0.463 e. The van der Waals surface area contributed by atoms with Crippen LogP contribution in [-0.4, -0.2) is 78.5 Å². The van der Waals surface area contributed by atoms with Gasteiger partial charge in [-0.3, -0.25) is 9.59 Å². The van der Waals surface area contributed by atoms with E-state index in [0.717, 1.165) is 0 Å². The Morgan fingerprint density at radius 1 is 0.652 bits per heavy atom. The first-order valence-corrected chi connectivity index (χ1v) is 7.53. The summed E-state index contributed by atoms with van der Waals surface area (Å²) >= 11 is 0. The quantitative estimate of drug-likeness (QED) is 0.360. The molecular formula is C15H30O8. The summed E-state index contributed by atoms with van der Waals surface area (Å²) in [7, 11) is 1.61. The van der Waals surface area contributed by atoms with Crippen LogP contribution in [0, 0.1) is 0 Å². The maximum absolute atomic E-state index is 10.3. The fourth-order valence-electron chi connectivity index (χ4n) is 1.10. The van der Waals surface area contributed by atoms with Gasteiger partial charge in [-0.05, 0) is 6.92 Å². The lowest BCUT2D eigenvalue weighted by Crippen LogP contribution is -2.10. The van der Waals surface area contributed by atoms with E-state index in [9.17, 15) is 9.59 Å². The molecule has 8 nitrogen and oxygen atoms in total. The second-order valence-corrected chi connectivity index (χ2v) is 4.09. The Hall–Kier alpha value is -1.22. The third-order valence-corrected chi connectivity index (χ3v) is 2.07. The number of carbonyl (C=O) groups excluding carboxylic acids is 2. The molecule has 0 aliphatic rings. The normalized spacial score (nSPS) is 9.74. The van der Waals surface area contributed by atoms with Crippen molar-refractivity contribution in [3.8, 4) is 0 Å². The molecule has 0 bridgehead atoms. The van der Waals surface area contributed by atoms with E-state index in [0.29, 0.717) is 59.5 Å². The van der Waals surface area contributed by atoms with Crippen molar-refractivity contribution in [2.24, 2.45) is 0 Å². The molecule has 0 aliphatic heterocycles. The lowest BCUT2D eigenvalue weighted by Gasteiger charge is -2.03. The van der Waals surface area contributed by atoms with E-state index in [1.807, 2.05) is 6.92 Å². The predicted molar refractivity (Wildman–Crippen MR) is 83.3 cm³/mol. The van der Waals surface area contributed by atoms with E-state index >= 15 is 0 Å². The number of ether oxygens (including phenoxy) is 6. The van der Waals surface area contributed by atoms with E-state index in [-0.39, 0.29) is 11.9 Å². The average molecular weight is 338 g/mol. The van der Waals surface area contributed by atoms with Crippen molar-refractivity contribution in [2.45, 2.75) is 20.8 Å². The molecule has 0 saturated carbocycles. The molecule has 0 atom stereocenters. The summed E-state index contributed by atoms with van der Waals surface area (Å²) in [4.78, 5) is 20.5. The smallest absolute Gasteiger partial charge is 0.302 e. The zero-order valence-electron chi connectivity index (χ0n) is 14.6. The Labute approximate surface area is 138 Å². The van der Waals surface area contributed by atoms with Crippen LogP contribution in [0.4, 0.5) is 0 Å². The summed E-state index contributed by atoms with van der Waals surface area (Å²) in [6.07, 6.45) is 0. The fourth-order valence-corrected chi connectivity index (χ4v) is 1.10. The van der Waals surface area contributed by atoms with Crippen molar-refractivity contribution >= 4 is 11.9 Å². The molecule has 0 fully saturated rings. The van der Waals surface area contributed by atoms with Crippen molar-refractivity contribution in [1.29, 1.82) is 0 Å². The van der Waals surface area contributed by atoms with Crippen LogP contribution in [0.1, 0.15) is 20.8 Å². The van der Waals surface area contributed by atoms with E-state index in [1.165, 1.54) is 13.8 Å². The molecular weight excluding hydrogens is 308 g/mol. The fraction of sp³-hybridized carbons (Fsp3) is 0.867. The molecule has 0 unspecified atom stereocenters. The highest BCUT2D eigenvalue weighted by atomic mass is 16.6. The Morgan fingerprint density at radius 2 is 1.04 bits per heavy atom. The minimum absolute atomic E-state index is 0.275. The molecule has 0 radical (unpaired) electrons.